The quantitative estimate of drug-likeness (QED) is 0.782. The first-order chi connectivity index (χ1) is 8.81. The van der Waals surface area contributed by atoms with Gasteiger partial charge in [-0.15, -0.1) is 0 Å². The lowest BCUT2D eigenvalue weighted by atomic mass is 10.3. The molecule has 2 aromatic heterocycles. The second-order valence-electron chi connectivity index (χ2n) is 3.79. The number of halogens is 1. The van der Waals surface area contributed by atoms with Gasteiger partial charge in [0, 0.05) is 16.9 Å². The van der Waals surface area contributed by atoms with Crippen molar-refractivity contribution in [2.45, 2.75) is 6.54 Å². The van der Waals surface area contributed by atoms with Gasteiger partial charge in [0.1, 0.15) is 0 Å². The van der Waals surface area contributed by atoms with Crippen LogP contribution in [0.3, 0.4) is 0 Å². The van der Waals surface area contributed by atoms with Gasteiger partial charge in [0.25, 0.3) is 0 Å². The third-order valence-electron chi connectivity index (χ3n) is 2.50. The molecule has 0 saturated carbocycles. The SMILES string of the molecule is Clc1ccc(NCc2nc3ncccc3o2)cc1. The summed E-state index contributed by atoms with van der Waals surface area (Å²) in [5, 5.41) is 3.92. The summed E-state index contributed by atoms with van der Waals surface area (Å²) >= 11 is 5.82. The van der Waals surface area contributed by atoms with Crippen LogP contribution in [0.5, 0.6) is 0 Å². The van der Waals surface area contributed by atoms with Crippen molar-refractivity contribution < 1.29 is 4.42 Å². The van der Waals surface area contributed by atoms with Crippen LogP contribution in [0.2, 0.25) is 5.02 Å². The average molecular weight is 260 g/mol. The molecule has 0 aliphatic carbocycles. The Hall–Kier alpha value is -2.07. The highest BCUT2D eigenvalue weighted by atomic mass is 35.5. The fourth-order valence-electron chi connectivity index (χ4n) is 1.63. The normalized spacial score (nSPS) is 10.7. The van der Waals surface area contributed by atoms with Crippen LogP contribution in [-0.4, -0.2) is 9.97 Å². The van der Waals surface area contributed by atoms with Crippen LogP contribution in [0.15, 0.2) is 47.0 Å². The lowest BCUT2D eigenvalue weighted by Gasteiger charge is -2.02. The summed E-state index contributed by atoms with van der Waals surface area (Å²) in [6.07, 6.45) is 1.70. The van der Waals surface area contributed by atoms with E-state index in [0.717, 1.165) is 5.69 Å². The number of anilines is 1. The molecule has 90 valence electrons. The lowest BCUT2D eigenvalue weighted by molar-refractivity contribution is 0.540. The third kappa shape index (κ3) is 2.28. The average Bonchev–Trinajstić information content (AvgIpc) is 2.81. The van der Waals surface area contributed by atoms with Crippen LogP contribution in [0.25, 0.3) is 11.2 Å². The second kappa shape index (κ2) is 4.66. The molecular formula is C13H10ClN3O. The van der Waals surface area contributed by atoms with Crippen LogP contribution >= 0.6 is 11.6 Å². The number of rotatable bonds is 3. The molecule has 3 rings (SSSR count). The van der Waals surface area contributed by atoms with Crippen molar-refractivity contribution in [2.75, 3.05) is 5.32 Å². The van der Waals surface area contributed by atoms with Crippen LogP contribution in [-0.2, 0) is 6.54 Å². The number of oxazole rings is 1. The maximum Gasteiger partial charge on any atom is 0.216 e. The topological polar surface area (TPSA) is 51.0 Å². The van der Waals surface area contributed by atoms with E-state index in [1.807, 2.05) is 36.4 Å². The van der Waals surface area contributed by atoms with Gasteiger partial charge in [-0.2, -0.15) is 4.98 Å². The number of hydrogen-bond donors (Lipinski definition) is 1. The minimum atomic E-state index is 0.512. The summed E-state index contributed by atoms with van der Waals surface area (Å²) in [6, 6.07) is 11.1. The first kappa shape index (κ1) is 11.0. The molecular weight excluding hydrogens is 250 g/mol. The Labute approximate surface area is 109 Å². The molecule has 2 heterocycles. The minimum absolute atomic E-state index is 0.512. The summed E-state index contributed by atoms with van der Waals surface area (Å²) < 4.78 is 5.55. The molecule has 0 atom stereocenters. The smallest absolute Gasteiger partial charge is 0.216 e. The summed E-state index contributed by atoms with van der Waals surface area (Å²) in [4.78, 5) is 8.40. The van der Waals surface area contributed by atoms with Crippen LogP contribution < -0.4 is 5.32 Å². The molecule has 0 fully saturated rings. The van der Waals surface area contributed by atoms with Crippen molar-refractivity contribution >= 4 is 28.5 Å². The van der Waals surface area contributed by atoms with Gasteiger partial charge in [-0.25, -0.2) is 4.98 Å². The van der Waals surface area contributed by atoms with Crippen LogP contribution in [0.4, 0.5) is 5.69 Å². The molecule has 0 aliphatic heterocycles. The van der Waals surface area contributed by atoms with E-state index in [2.05, 4.69) is 15.3 Å². The van der Waals surface area contributed by atoms with E-state index in [0.29, 0.717) is 28.7 Å². The summed E-state index contributed by atoms with van der Waals surface area (Å²) in [5.41, 5.74) is 2.30. The maximum atomic E-state index is 5.82. The van der Waals surface area contributed by atoms with E-state index in [-0.39, 0.29) is 0 Å². The fourth-order valence-corrected chi connectivity index (χ4v) is 1.76. The van der Waals surface area contributed by atoms with Gasteiger partial charge in [-0.1, -0.05) is 11.6 Å². The largest absolute Gasteiger partial charge is 0.437 e. The Bertz CT molecular complexity index is 630. The molecule has 0 saturated heterocycles. The molecule has 1 aromatic carbocycles. The van der Waals surface area contributed by atoms with Gasteiger partial charge in [-0.05, 0) is 36.4 Å². The summed E-state index contributed by atoms with van der Waals surface area (Å²) in [6.45, 7) is 0.512. The van der Waals surface area contributed by atoms with Crippen LogP contribution in [0, 0.1) is 0 Å². The molecule has 0 amide bonds. The predicted molar refractivity (Wildman–Crippen MR) is 70.6 cm³/mol. The molecule has 5 heteroatoms. The standard InChI is InChI=1S/C13H10ClN3O/c14-9-3-5-10(6-4-9)16-8-12-17-13-11(18-12)2-1-7-15-13/h1-7,16H,8H2. The van der Waals surface area contributed by atoms with E-state index in [1.54, 1.807) is 6.20 Å². The van der Waals surface area contributed by atoms with E-state index in [9.17, 15) is 0 Å². The molecule has 0 unspecified atom stereocenters. The maximum absolute atomic E-state index is 5.82. The van der Waals surface area contributed by atoms with Gasteiger partial charge >= 0.3 is 0 Å². The van der Waals surface area contributed by atoms with Crippen molar-refractivity contribution in [3.63, 3.8) is 0 Å². The van der Waals surface area contributed by atoms with E-state index >= 15 is 0 Å². The lowest BCUT2D eigenvalue weighted by Crippen LogP contribution is -1.99. The number of hydrogen-bond acceptors (Lipinski definition) is 4. The fraction of sp³-hybridized carbons (Fsp3) is 0.0769. The predicted octanol–water partition coefficient (Wildman–Crippen LogP) is 3.49. The van der Waals surface area contributed by atoms with Gasteiger partial charge in [0.05, 0.1) is 6.54 Å². The van der Waals surface area contributed by atoms with Crippen molar-refractivity contribution in [1.29, 1.82) is 0 Å². The molecule has 1 N–H and O–H groups in total. The Balaban J connectivity index is 1.74. The van der Waals surface area contributed by atoms with Crippen molar-refractivity contribution in [3.05, 3.63) is 53.5 Å². The Kier molecular flexibility index (Phi) is 2.86. The Morgan fingerprint density at radius 3 is 2.78 bits per heavy atom. The van der Waals surface area contributed by atoms with Crippen LogP contribution in [0.1, 0.15) is 5.89 Å². The Morgan fingerprint density at radius 2 is 2.00 bits per heavy atom. The monoisotopic (exact) mass is 259 g/mol. The van der Waals surface area contributed by atoms with Gasteiger partial charge in [0.2, 0.25) is 5.89 Å². The number of aromatic nitrogens is 2. The number of pyridine rings is 1. The highest BCUT2D eigenvalue weighted by Crippen LogP contribution is 2.16. The second-order valence-corrected chi connectivity index (χ2v) is 4.23. The molecule has 0 aliphatic rings. The molecule has 4 nitrogen and oxygen atoms in total. The first-order valence-corrected chi connectivity index (χ1v) is 5.89. The zero-order valence-corrected chi connectivity index (χ0v) is 10.2. The third-order valence-corrected chi connectivity index (χ3v) is 2.75. The molecule has 0 radical (unpaired) electrons. The zero-order chi connectivity index (χ0) is 12.4. The molecule has 3 aromatic rings. The van der Waals surface area contributed by atoms with Crippen molar-refractivity contribution in [3.8, 4) is 0 Å². The van der Waals surface area contributed by atoms with Gasteiger partial charge in [0.15, 0.2) is 11.2 Å². The highest BCUT2D eigenvalue weighted by molar-refractivity contribution is 6.30. The van der Waals surface area contributed by atoms with E-state index in [4.69, 9.17) is 16.0 Å². The van der Waals surface area contributed by atoms with Gasteiger partial charge in [-0.3, -0.25) is 0 Å². The Morgan fingerprint density at radius 1 is 1.17 bits per heavy atom. The summed E-state index contributed by atoms with van der Waals surface area (Å²) in [7, 11) is 0. The van der Waals surface area contributed by atoms with E-state index in [1.165, 1.54) is 0 Å². The molecule has 18 heavy (non-hydrogen) atoms. The van der Waals surface area contributed by atoms with E-state index < -0.39 is 0 Å². The molecule has 0 bridgehead atoms. The summed E-state index contributed by atoms with van der Waals surface area (Å²) in [5.74, 6) is 0.610. The van der Waals surface area contributed by atoms with Crippen molar-refractivity contribution in [1.82, 2.24) is 9.97 Å². The highest BCUT2D eigenvalue weighted by Gasteiger charge is 2.05. The number of nitrogens with one attached hydrogen (secondary N) is 1. The van der Waals surface area contributed by atoms with Gasteiger partial charge < -0.3 is 9.73 Å². The minimum Gasteiger partial charge on any atom is -0.437 e. The number of fused-ring (bicyclic) bond motifs is 1. The zero-order valence-electron chi connectivity index (χ0n) is 9.43. The number of benzene rings is 1. The number of nitrogens with zero attached hydrogens (tertiary/aromatic N) is 2. The van der Waals surface area contributed by atoms with Crippen molar-refractivity contribution in [2.24, 2.45) is 0 Å². The first-order valence-electron chi connectivity index (χ1n) is 5.51. The molecule has 0 spiro atoms.